The average Bonchev–Trinajstić information content (AvgIpc) is 2.45. The number of nitrogens with zero attached hydrogens (tertiary/aromatic N) is 1. The maximum Gasteiger partial charge on any atom is 0.0931 e. The lowest BCUT2D eigenvalue weighted by atomic mass is 9.79. The summed E-state index contributed by atoms with van der Waals surface area (Å²) in [6.07, 6.45) is 0.723. The fourth-order valence-electron chi connectivity index (χ4n) is 2.99. The second-order valence-electron chi connectivity index (χ2n) is 6.00. The summed E-state index contributed by atoms with van der Waals surface area (Å²) in [6.45, 7) is 5.05. The minimum absolute atomic E-state index is 0.184. The van der Waals surface area contributed by atoms with E-state index in [1.807, 2.05) is 26.2 Å². The van der Waals surface area contributed by atoms with Gasteiger partial charge in [0.25, 0.3) is 0 Å². The maximum atomic E-state index is 11.1. The Morgan fingerprint density at radius 2 is 1.75 bits per heavy atom. The lowest BCUT2D eigenvalue weighted by Crippen LogP contribution is -2.38. The Hall–Kier alpha value is -1.38. The monoisotopic (exact) mass is 271 g/mol. The number of hydrogen-bond acceptors (Lipinski definition) is 2. The number of aliphatic hydroxyl groups is 1. The van der Waals surface area contributed by atoms with Crippen molar-refractivity contribution in [2.45, 2.75) is 25.9 Å². The van der Waals surface area contributed by atoms with E-state index in [1.165, 1.54) is 10.8 Å². The van der Waals surface area contributed by atoms with Gasteiger partial charge in [0.2, 0.25) is 0 Å². The van der Waals surface area contributed by atoms with E-state index in [0.717, 1.165) is 18.5 Å². The van der Waals surface area contributed by atoms with Crippen LogP contribution in [0.25, 0.3) is 10.8 Å². The molecule has 1 N–H and O–H groups in total. The Morgan fingerprint density at radius 1 is 1.10 bits per heavy atom. The summed E-state index contributed by atoms with van der Waals surface area (Å²) in [5.41, 5.74) is 0.252. The summed E-state index contributed by atoms with van der Waals surface area (Å²) in [7, 11) is 4.10. The van der Waals surface area contributed by atoms with Crippen LogP contribution in [-0.4, -0.2) is 30.6 Å². The molecule has 0 bridgehead atoms. The van der Waals surface area contributed by atoms with Crippen molar-refractivity contribution in [1.29, 1.82) is 0 Å². The van der Waals surface area contributed by atoms with Crippen LogP contribution in [0.4, 0.5) is 0 Å². The number of benzene rings is 2. The topological polar surface area (TPSA) is 23.5 Å². The predicted molar refractivity (Wildman–Crippen MR) is 85.9 cm³/mol. The molecule has 108 valence electrons. The summed E-state index contributed by atoms with van der Waals surface area (Å²) in [5, 5.41) is 13.5. The highest BCUT2D eigenvalue weighted by Crippen LogP contribution is 2.34. The first-order valence-corrected chi connectivity index (χ1v) is 7.33. The van der Waals surface area contributed by atoms with Crippen molar-refractivity contribution in [1.82, 2.24) is 4.90 Å². The van der Waals surface area contributed by atoms with Crippen LogP contribution < -0.4 is 0 Å². The molecule has 2 atom stereocenters. The van der Waals surface area contributed by atoms with Gasteiger partial charge in [0, 0.05) is 12.5 Å². The predicted octanol–water partition coefficient (Wildman–Crippen LogP) is 3.64. The van der Waals surface area contributed by atoms with Gasteiger partial charge >= 0.3 is 0 Å². The van der Waals surface area contributed by atoms with Crippen LogP contribution in [0.1, 0.15) is 25.8 Å². The van der Waals surface area contributed by atoms with Gasteiger partial charge in [-0.25, -0.2) is 0 Å². The molecule has 0 spiro atoms. The number of hydrogen-bond donors (Lipinski definition) is 1. The molecule has 2 aromatic rings. The SMILES string of the molecule is CC[C@@](O)(c1ccc2ccccc2c1)[C@@H](C)CN(C)C. The molecule has 2 heteroatoms. The van der Waals surface area contributed by atoms with Gasteiger partial charge in [0.05, 0.1) is 5.60 Å². The molecule has 0 saturated carbocycles. The van der Waals surface area contributed by atoms with Crippen LogP contribution in [0.5, 0.6) is 0 Å². The van der Waals surface area contributed by atoms with Gasteiger partial charge < -0.3 is 10.0 Å². The fourth-order valence-corrected chi connectivity index (χ4v) is 2.99. The Labute approximate surface area is 122 Å². The van der Waals surface area contributed by atoms with Gasteiger partial charge in [-0.3, -0.25) is 0 Å². The Balaban J connectivity index is 2.42. The molecule has 0 fully saturated rings. The molecule has 2 rings (SSSR count). The highest BCUT2D eigenvalue weighted by Gasteiger charge is 2.34. The van der Waals surface area contributed by atoms with E-state index in [0.29, 0.717) is 0 Å². The third kappa shape index (κ3) is 2.87. The number of rotatable bonds is 5. The summed E-state index contributed by atoms with van der Waals surface area (Å²) in [6, 6.07) is 14.6. The first kappa shape index (κ1) is 15.0. The summed E-state index contributed by atoms with van der Waals surface area (Å²) in [4.78, 5) is 2.13. The highest BCUT2D eigenvalue weighted by atomic mass is 16.3. The molecule has 0 unspecified atom stereocenters. The van der Waals surface area contributed by atoms with Crippen molar-refractivity contribution in [2.24, 2.45) is 5.92 Å². The first-order chi connectivity index (χ1) is 9.47. The summed E-state index contributed by atoms with van der Waals surface area (Å²) < 4.78 is 0. The average molecular weight is 271 g/mol. The summed E-state index contributed by atoms with van der Waals surface area (Å²) >= 11 is 0. The molecule has 0 aliphatic carbocycles. The molecule has 0 radical (unpaired) electrons. The van der Waals surface area contributed by atoms with Crippen molar-refractivity contribution in [3.63, 3.8) is 0 Å². The quantitative estimate of drug-likeness (QED) is 0.897. The lowest BCUT2D eigenvalue weighted by molar-refractivity contribution is -0.0290. The van der Waals surface area contributed by atoms with Crippen molar-refractivity contribution in [3.8, 4) is 0 Å². The van der Waals surface area contributed by atoms with Gasteiger partial charge in [-0.1, -0.05) is 50.2 Å². The molecule has 2 aromatic carbocycles. The van der Waals surface area contributed by atoms with Gasteiger partial charge in [-0.15, -0.1) is 0 Å². The van der Waals surface area contributed by atoms with E-state index in [9.17, 15) is 5.11 Å². The molecule has 2 nitrogen and oxygen atoms in total. The second kappa shape index (κ2) is 5.94. The normalized spacial score (nSPS) is 16.3. The van der Waals surface area contributed by atoms with E-state index in [1.54, 1.807) is 0 Å². The highest BCUT2D eigenvalue weighted by molar-refractivity contribution is 5.83. The zero-order valence-electron chi connectivity index (χ0n) is 12.9. The van der Waals surface area contributed by atoms with Crippen LogP contribution in [0, 0.1) is 5.92 Å². The largest absolute Gasteiger partial charge is 0.385 e. The summed E-state index contributed by atoms with van der Waals surface area (Å²) in [5.74, 6) is 0.184. The van der Waals surface area contributed by atoms with Gasteiger partial charge in [-0.05, 0) is 42.9 Å². The standard InChI is InChI=1S/C18H25NO/c1-5-18(20,14(2)13-19(3)4)17-11-10-15-8-6-7-9-16(15)12-17/h6-12,14,20H,5,13H2,1-4H3/t14-,18-/m0/s1. The molecule has 0 aromatic heterocycles. The molecule has 0 aliphatic heterocycles. The van der Waals surface area contributed by atoms with Crippen molar-refractivity contribution >= 4 is 10.8 Å². The zero-order valence-corrected chi connectivity index (χ0v) is 12.9. The zero-order chi connectivity index (χ0) is 14.8. The van der Waals surface area contributed by atoms with Crippen LogP contribution in [0.2, 0.25) is 0 Å². The molecule has 0 amide bonds. The molecule has 0 aliphatic rings. The minimum Gasteiger partial charge on any atom is -0.385 e. The minimum atomic E-state index is -0.770. The molecule has 0 heterocycles. The Bertz CT molecular complexity index is 578. The second-order valence-corrected chi connectivity index (χ2v) is 6.00. The Morgan fingerprint density at radius 3 is 2.35 bits per heavy atom. The molecular weight excluding hydrogens is 246 g/mol. The number of fused-ring (bicyclic) bond motifs is 1. The van der Waals surface area contributed by atoms with Gasteiger partial charge in [0.1, 0.15) is 0 Å². The van der Waals surface area contributed by atoms with E-state index in [2.05, 4.69) is 49.1 Å². The maximum absolute atomic E-state index is 11.1. The van der Waals surface area contributed by atoms with Crippen molar-refractivity contribution in [2.75, 3.05) is 20.6 Å². The van der Waals surface area contributed by atoms with E-state index in [4.69, 9.17) is 0 Å². The molecular formula is C18H25NO. The van der Waals surface area contributed by atoms with Crippen molar-refractivity contribution in [3.05, 3.63) is 48.0 Å². The van der Waals surface area contributed by atoms with E-state index >= 15 is 0 Å². The van der Waals surface area contributed by atoms with Crippen LogP contribution in [-0.2, 0) is 5.60 Å². The van der Waals surface area contributed by atoms with E-state index < -0.39 is 5.60 Å². The van der Waals surface area contributed by atoms with E-state index in [-0.39, 0.29) is 5.92 Å². The van der Waals surface area contributed by atoms with Gasteiger partial charge in [0.15, 0.2) is 0 Å². The van der Waals surface area contributed by atoms with Gasteiger partial charge in [-0.2, -0.15) is 0 Å². The fraction of sp³-hybridized carbons (Fsp3) is 0.444. The Kier molecular flexibility index (Phi) is 4.46. The van der Waals surface area contributed by atoms with Crippen molar-refractivity contribution < 1.29 is 5.11 Å². The first-order valence-electron chi connectivity index (χ1n) is 7.33. The molecule has 20 heavy (non-hydrogen) atoms. The van der Waals surface area contributed by atoms with Crippen LogP contribution in [0.15, 0.2) is 42.5 Å². The van der Waals surface area contributed by atoms with Crippen LogP contribution in [0.3, 0.4) is 0 Å². The smallest absolute Gasteiger partial charge is 0.0931 e. The molecule has 0 saturated heterocycles. The third-order valence-corrected chi connectivity index (χ3v) is 4.24. The third-order valence-electron chi connectivity index (χ3n) is 4.24. The lowest BCUT2D eigenvalue weighted by Gasteiger charge is -2.35. The van der Waals surface area contributed by atoms with Crippen LogP contribution >= 0.6 is 0 Å².